The van der Waals surface area contributed by atoms with Crippen molar-refractivity contribution in [1.82, 2.24) is 10.9 Å². The first-order chi connectivity index (χ1) is 10.3. The molecule has 0 saturated heterocycles. The quantitative estimate of drug-likeness (QED) is 0.221. The number of carbonyl (C=O) groups is 1. The fourth-order valence-corrected chi connectivity index (χ4v) is 2.38. The topological polar surface area (TPSA) is 79.5 Å². The zero-order valence-electron chi connectivity index (χ0n) is 11.2. The van der Waals surface area contributed by atoms with Gasteiger partial charge in [-0.05, 0) is 27.6 Å². The Labute approximate surface area is 121 Å². The van der Waals surface area contributed by atoms with Crippen LogP contribution in [0.25, 0.3) is 21.5 Å². The van der Waals surface area contributed by atoms with Crippen molar-refractivity contribution in [2.45, 2.75) is 0 Å². The normalized spacial score (nSPS) is 11.1. The molecule has 0 bridgehead atoms. The summed E-state index contributed by atoms with van der Waals surface area (Å²) in [4.78, 5) is 11.1. The van der Waals surface area contributed by atoms with Crippen molar-refractivity contribution in [3.8, 4) is 0 Å². The van der Waals surface area contributed by atoms with Gasteiger partial charge in [0.05, 0.1) is 6.21 Å². The Kier molecular flexibility index (Phi) is 3.49. The van der Waals surface area contributed by atoms with E-state index in [0.29, 0.717) is 0 Å². The van der Waals surface area contributed by atoms with Crippen LogP contribution in [0.3, 0.4) is 0 Å². The van der Waals surface area contributed by atoms with Crippen molar-refractivity contribution >= 4 is 33.8 Å². The molecule has 0 heterocycles. The maximum absolute atomic E-state index is 11.1. The maximum atomic E-state index is 11.1. The lowest BCUT2D eigenvalue weighted by molar-refractivity contribution is 0.241. The van der Waals surface area contributed by atoms with Gasteiger partial charge in [-0.3, -0.25) is 5.43 Å². The molecule has 5 heteroatoms. The van der Waals surface area contributed by atoms with E-state index >= 15 is 0 Å². The summed E-state index contributed by atoms with van der Waals surface area (Å²) in [5.41, 5.74) is 5.23. The summed E-state index contributed by atoms with van der Waals surface area (Å²) >= 11 is 0. The van der Waals surface area contributed by atoms with Gasteiger partial charge in [-0.2, -0.15) is 5.10 Å². The average molecular weight is 278 g/mol. The predicted octanol–water partition coefficient (Wildman–Crippen LogP) is 2.50. The molecule has 0 spiro atoms. The van der Waals surface area contributed by atoms with Crippen molar-refractivity contribution in [2.75, 3.05) is 0 Å². The van der Waals surface area contributed by atoms with E-state index in [0.717, 1.165) is 27.1 Å². The van der Waals surface area contributed by atoms with Crippen molar-refractivity contribution < 1.29 is 4.79 Å². The van der Waals surface area contributed by atoms with Crippen LogP contribution >= 0.6 is 0 Å². The number of carbonyl (C=O) groups excluding carboxylic acids is 1. The molecule has 0 aromatic heterocycles. The maximum Gasteiger partial charge on any atom is 0.349 e. The minimum Gasteiger partial charge on any atom is -0.274 e. The third kappa shape index (κ3) is 2.54. The first-order valence-electron chi connectivity index (χ1n) is 6.50. The SMILES string of the molecule is NNC(=O)N/N=C\c1c2ccccc2cc2ccccc12. The van der Waals surface area contributed by atoms with Crippen LogP contribution in [-0.2, 0) is 0 Å². The zero-order valence-corrected chi connectivity index (χ0v) is 11.2. The molecule has 3 aromatic carbocycles. The molecule has 104 valence electrons. The number of fused-ring (bicyclic) bond motifs is 2. The van der Waals surface area contributed by atoms with Gasteiger partial charge < -0.3 is 0 Å². The summed E-state index contributed by atoms with van der Waals surface area (Å²) in [6.07, 6.45) is 1.64. The number of amides is 2. The van der Waals surface area contributed by atoms with Crippen LogP contribution in [0.2, 0.25) is 0 Å². The smallest absolute Gasteiger partial charge is 0.274 e. The van der Waals surface area contributed by atoms with E-state index in [-0.39, 0.29) is 0 Å². The summed E-state index contributed by atoms with van der Waals surface area (Å²) in [6, 6.07) is 17.7. The number of benzene rings is 3. The first-order valence-corrected chi connectivity index (χ1v) is 6.50. The molecule has 0 aliphatic rings. The molecule has 0 aliphatic heterocycles. The van der Waals surface area contributed by atoms with Crippen LogP contribution in [0.15, 0.2) is 59.7 Å². The lowest BCUT2D eigenvalue weighted by Crippen LogP contribution is -2.37. The molecule has 4 N–H and O–H groups in total. The lowest BCUT2D eigenvalue weighted by atomic mass is 9.97. The predicted molar refractivity (Wildman–Crippen MR) is 84.9 cm³/mol. The molecule has 21 heavy (non-hydrogen) atoms. The van der Waals surface area contributed by atoms with E-state index in [1.165, 1.54) is 0 Å². The molecule has 0 saturated carbocycles. The Hall–Kier alpha value is -2.92. The fraction of sp³-hybridized carbons (Fsp3) is 0. The number of urea groups is 1. The molecular weight excluding hydrogens is 264 g/mol. The number of hydrazine groups is 1. The van der Waals surface area contributed by atoms with Crippen LogP contribution < -0.4 is 16.7 Å². The number of hydrogen-bond donors (Lipinski definition) is 3. The van der Waals surface area contributed by atoms with Crippen molar-refractivity contribution in [3.05, 3.63) is 60.2 Å². The molecule has 3 rings (SSSR count). The van der Waals surface area contributed by atoms with E-state index in [1.54, 1.807) is 6.21 Å². The van der Waals surface area contributed by atoms with Gasteiger partial charge in [-0.15, -0.1) is 0 Å². The standard InChI is InChI=1S/C16H14N4O/c17-19-16(21)20-18-10-15-13-7-3-1-5-11(13)9-12-6-2-4-8-14(12)15/h1-10H,17H2,(H2,19,20,21)/b18-10-. The molecule has 5 nitrogen and oxygen atoms in total. The number of nitrogens with zero attached hydrogens (tertiary/aromatic N) is 1. The van der Waals surface area contributed by atoms with Crippen LogP contribution in [-0.4, -0.2) is 12.2 Å². The first kappa shape index (κ1) is 13.1. The molecule has 0 fully saturated rings. The van der Waals surface area contributed by atoms with Crippen LogP contribution in [0.4, 0.5) is 4.79 Å². The monoisotopic (exact) mass is 278 g/mol. The molecule has 0 unspecified atom stereocenters. The second kappa shape index (κ2) is 5.60. The summed E-state index contributed by atoms with van der Waals surface area (Å²) < 4.78 is 0. The second-order valence-corrected chi connectivity index (χ2v) is 4.58. The molecule has 0 aliphatic carbocycles. The van der Waals surface area contributed by atoms with E-state index < -0.39 is 6.03 Å². The van der Waals surface area contributed by atoms with Gasteiger partial charge in [0.1, 0.15) is 0 Å². The largest absolute Gasteiger partial charge is 0.349 e. The molecule has 0 radical (unpaired) electrons. The van der Waals surface area contributed by atoms with E-state index in [9.17, 15) is 4.79 Å². The summed E-state index contributed by atoms with van der Waals surface area (Å²) in [6.45, 7) is 0. The Morgan fingerprint density at radius 2 is 1.57 bits per heavy atom. The highest BCUT2D eigenvalue weighted by Gasteiger charge is 2.05. The highest BCUT2D eigenvalue weighted by molar-refractivity contribution is 6.13. The van der Waals surface area contributed by atoms with E-state index in [2.05, 4.69) is 28.7 Å². The van der Waals surface area contributed by atoms with Gasteiger partial charge in [0.25, 0.3) is 0 Å². The Morgan fingerprint density at radius 3 is 2.14 bits per heavy atom. The molecular formula is C16H14N4O. The summed E-state index contributed by atoms with van der Waals surface area (Å²) in [5.74, 6) is 5.00. The molecule has 3 aromatic rings. The van der Waals surface area contributed by atoms with Gasteiger partial charge >= 0.3 is 6.03 Å². The zero-order chi connectivity index (χ0) is 14.7. The fourth-order valence-electron chi connectivity index (χ4n) is 2.38. The van der Waals surface area contributed by atoms with Gasteiger partial charge in [0, 0.05) is 5.56 Å². The van der Waals surface area contributed by atoms with Crippen molar-refractivity contribution in [1.29, 1.82) is 0 Å². The minimum absolute atomic E-state index is 0.559. The van der Waals surface area contributed by atoms with Crippen LogP contribution in [0.1, 0.15) is 5.56 Å². The Morgan fingerprint density at radius 1 is 1.00 bits per heavy atom. The second-order valence-electron chi connectivity index (χ2n) is 4.58. The number of rotatable bonds is 2. The van der Waals surface area contributed by atoms with Crippen molar-refractivity contribution in [2.24, 2.45) is 10.9 Å². The Bertz CT molecular complexity index is 788. The van der Waals surface area contributed by atoms with Gasteiger partial charge in [-0.25, -0.2) is 16.1 Å². The van der Waals surface area contributed by atoms with E-state index in [1.807, 2.05) is 41.8 Å². The van der Waals surface area contributed by atoms with Gasteiger partial charge in [0.15, 0.2) is 0 Å². The number of nitrogens with one attached hydrogen (secondary N) is 2. The number of hydrazone groups is 1. The van der Waals surface area contributed by atoms with Gasteiger partial charge in [0.2, 0.25) is 0 Å². The molecule has 2 amide bonds. The summed E-state index contributed by atoms with van der Waals surface area (Å²) in [5, 5.41) is 8.35. The third-order valence-electron chi connectivity index (χ3n) is 3.30. The summed E-state index contributed by atoms with van der Waals surface area (Å²) in [7, 11) is 0. The number of hydrogen-bond acceptors (Lipinski definition) is 3. The van der Waals surface area contributed by atoms with E-state index in [4.69, 9.17) is 5.84 Å². The number of nitrogens with two attached hydrogens (primary N) is 1. The van der Waals surface area contributed by atoms with Crippen molar-refractivity contribution in [3.63, 3.8) is 0 Å². The van der Waals surface area contributed by atoms with Crippen LogP contribution in [0, 0.1) is 0 Å². The highest BCUT2D eigenvalue weighted by Crippen LogP contribution is 2.27. The average Bonchev–Trinajstić information content (AvgIpc) is 2.54. The van der Waals surface area contributed by atoms with Crippen LogP contribution in [0.5, 0.6) is 0 Å². The highest BCUT2D eigenvalue weighted by atomic mass is 16.2. The van der Waals surface area contributed by atoms with Gasteiger partial charge in [-0.1, -0.05) is 48.5 Å². The lowest BCUT2D eigenvalue weighted by Gasteiger charge is -2.07. The third-order valence-corrected chi connectivity index (χ3v) is 3.30. The Balaban J connectivity index is 2.18. The molecule has 0 atom stereocenters. The minimum atomic E-state index is -0.559.